The number of hydrogen-bond donors (Lipinski definition) is 1. The maximum Gasteiger partial charge on any atom is 0.414 e. The molecule has 0 heterocycles. The fourth-order valence-electron chi connectivity index (χ4n) is 0.671. The smallest absolute Gasteiger partial charge is 0.414 e. The monoisotopic (exact) mass is 199 g/mol. The molecule has 0 rings (SSSR count). The van der Waals surface area contributed by atoms with Crippen LogP contribution in [0, 0.1) is 0 Å². The van der Waals surface area contributed by atoms with Crippen LogP contribution in [0.4, 0.5) is 4.79 Å². The van der Waals surface area contributed by atoms with Gasteiger partial charge in [0.15, 0.2) is 0 Å². The third-order valence-corrected chi connectivity index (χ3v) is 1.13. The molecule has 4 heteroatoms. The Hall–Kier alpha value is -1.32. The van der Waals surface area contributed by atoms with Crippen LogP contribution in [0.25, 0.3) is 0 Å². The van der Waals surface area contributed by atoms with Gasteiger partial charge in [0.2, 0.25) is 0 Å². The van der Waals surface area contributed by atoms with Crippen molar-refractivity contribution in [2.75, 3.05) is 0 Å². The fraction of sp³-hybridized carbons (Fsp3) is 0.600. The van der Waals surface area contributed by atoms with Crippen molar-refractivity contribution in [2.24, 2.45) is 0 Å². The molecule has 0 aromatic rings. The van der Waals surface area contributed by atoms with Gasteiger partial charge < -0.3 is 4.74 Å². The highest BCUT2D eigenvalue weighted by Crippen LogP contribution is 2.06. The van der Waals surface area contributed by atoms with Gasteiger partial charge in [-0.3, -0.25) is 10.1 Å². The average Bonchev–Trinajstić information content (AvgIpc) is 1.96. The number of amides is 2. The molecule has 0 atom stereocenters. The lowest BCUT2D eigenvalue weighted by atomic mass is 10.2. The number of carbonyl (C=O) groups excluding carboxylic acids is 2. The molecular weight excluding hydrogens is 182 g/mol. The van der Waals surface area contributed by atoms with Crippen LogP contribution in [-0.2, 0) is 9.53 Å². The first-order chi connectivity index (χ1) is 6.35. The Balaban J connectivity index is 3.95. The third kappa shape index (κ3) is 7.34. The number of alkyl carbamates (subject to hydrolysis) is 1. The van der Waals surface area contributed by atoms with Crippen molar-refractivity contribution >= 4 is 12.0 Å². The molecule has 0 unspecified atom stereocenters. The largest absolute Gasteiger partial charge is 0.444 e. The van der Waals surface area contributed by atoms with Gasteiger partial charge in [0.05, 0.1) is 0 Å². The molecule has 0 radical (unpaired) electrons. The summed E-state index contributed by atoms with van der Waals surface area (Å²) in [6.07, 6.45) is 3.01. The van der Waals surface area contributed by atoms with Gasteiger partial charge in [-0.2, -0.15) is 0 Å². The molecule has 0 spiro atoms. The minimum atomic E-state index is -0.719. The Morgan fingerprint density at radius 1 is 1.36 bits per heavy atom. The topological polar surface area (TPSA) is 55.4 Å². The molecule has 14 heavy (non-hydrogen) atoms. The first kappa shape index (κ1) is 12.7. The summed E-state index contributed by atoms with van der Waals surface area (Å²) in [6, 6.07) is 0. The van der Waals surface area contributed by atoms with Crippen molar-refractivity contribution < 1.29 is 14.3 Å². The number of hydrogen-bond acceptors (Lipinski definition) is 3. The van der Waals surface area contributed by atoms with E-state index >= 15 is 0 Å². The lowest BCUT2D eigenvalue weighted by Gasteiger charge is -2.18. The highest BCUT2D eigenvalue weighted by atomic mass is 16.6. The van der Waals surface area contributed by atoms with Crippen LogP contribution in [0.5, 0.6) is 0 Å². The van der Waals surface area contributed by atoms with Gasteiger partial charge in [0.1, 0.15) is 5.60 Å². The van der Waals surface area contributed by atoms with Crippen molar-refractivity contribution in [2.45, 2.75) is 39.7 Å². The number of carbonyl (C=O) groups is 2. The van der Waals surface area contributed by atoms with Gasteiger partial charge in [-0.15, -0.1) is 0 Å². The van der Waals surface area contributed by atoms with E-state index < -0.39 is 17.6 Å². The third-order valence-electron chi connectivity index (χ3n) is 1.13. The molecule has 0 fully saturated rings. The molecular formula is C10H17NO3. The predicted molar refractivity (Wildman–Crippen MR) is 53.8 cm³/mol. The quantitative estimate of drug-likeness (QED) is 0.692. The van der Waals surface area contributed by atoms with Crippen LogP contribution in [0.3, 0.4) is 0 Å². The van der Waals surface area contributed by atoms with E-state index in [-0.39, 0.29) is 0 Å². The van der Waals surface area contributed by atoms with E-state index in [0.29, 0.717) is 0 Å². The molecule has 0 saturated carbocycles. The van der Waals surface area contributed by atoms with Crippen LogP contribution >= 0.6 is 0 Å². The van der Waals surface area contributed by atoms with Gasteiger partial charge in [-0.1, -0.05) is 13.0 Å². The van der Waals surface area contributed by atoms with Gasteiger partial charge in [-0.25, -0.2) is 4.79 Å². The first-order valence-electron chi connectivity index (χ1n) is 4.55. The summed E-state index contributed by atoms with van der Waals surface area (Å²) in [5.41, 5.74) is -0.584. The Bertz CT molecular complexity index is 238. The predicted octanol–water partition coefficient (Wildman–Crippen LogP) is 2.00. The second-order valence-corrected chi connectivity index (χ2v) is 3.80. The summed E-state index contributed by atoms with van der Waals surface area (Å²) in [4.78, 5) is 22.0. The Kier molecular flexibility index (Phi) is 4.91. The lowest BCUT2D eigenvalue weighted by Crippen LogP contribution is -2.35. The molecule has 4 nitrogen and oxygen atoms in total. The maximum atomic E-state index is 11.0. The second kappa shape index (κ2) is 5.42. The van der Waals surface area contributed by atoms with Crippen LogP contribution in [0.2, 0.25) is 0 Å². The molecule has 1 N–H and O–H groups in total. The standard InChI is InChI=1S/C10H17NO3/c1-5-6-7-8(12)11-9(13)14-10(2,3)4/h6-7H,5H2,1-4H3,(H,11,12,13). The SMILES string of the molecule is CCC=CC(=O)NC(=O)OC(C)(C)C. The Morgan fingerprint density at radius 2 is 1.93 bits per heavy atom. The van der Waals surface area contributed by atoms with Crippen LogP contribution < -0.4 is 5.32 Å². The first-order valence-corrected chi connectivity index (χ1v) is 4.55. The van der Waals surface area contributed by atoms with E-state index in [9.17, 15) is 9.59 Å². The normalized spacial score (nSPS) is 11.4. The number of allylic oxidation sites excluding steroid dienone is 1. The van der Waals surface area contributed by atoms with Crippen LogP contribution in [0.1, 0.15) is 34.1 Å². The summed E-state index contributed by atoms with van der Waals surface area (Å²) >= 11 is 0. The van der Waals surface area contributed by atoms with Gasteiger partial charge in [-0.05, 0) is 33.3 Å². The number of imide groups is 1. The molecule has 0 bridgehead atoms. The average molecular weight is 199 g/mol. The molecule has 2 amide bonds. The maximum absolute atomic E-state index is 11.0. The van der Waals surface area contributed by atoms with E-state index in [4.69, 9.17) is 4.74 Å². The van der Waals surface area contributed by atoms with Gasteiger partial charge in [0.25, 0.3) is 5.91 Å². The summed E-state index contributed by atoms with van der Waals surface area (Å²) in [5.74, 6) is -0.457. The van der Waals surface area contributed by atoms with Crippen LogP contribution in [0.15, 0.2) is 12.2 Å². The number of nitrogens with one attached hydrogen (secondary N) is 1. The summed E-state index contributed by atoms with van der Waals surface area (Å²) in [7, 11) is 0. The fourth-order valence-corrected chi connectivity index (χ4v) is 0.671. The Labute approximate surface area is 84.3 Å². The molecule has 0 saturated heterocycles. The zero-order valence-corrected chi connectivity index (χ0v) is 9.09. The molecule has 80 valence electrons. The van der Waals surface area contributed by atoms with Crippen molar-refractivity contribution in [3.63, 3.8) is 0 Å². The summed E-state index contributed by atoms with van der Waals surface area (Å²) < 4.78 is 4.88. The number of rotatable bonds is 2. The van der Waals surface area contributed by atoms with E-state index in [2.05, 4.69) is 5.32 Å². The molecule has 0 aliphatic rings. The zero-order chi connectivity index (χ0) is 11.2. The van der Waals surface area contributed by atoms with Crippen molar-refractivity contribution in [3.05, 3.63) is 12.2 Å². The summed E-state index contributed by atoms with van der Waals surface area (Å²) in [5, 5.41) is 2.08. The molecule has 0 aromatic heterocycles. The number of ether oxygens (including phenoxy) is 1. The van der Waals surface area contributed by atoms with Gasteiger partial charge in [0, 0.05) is 0 Å². The highest BCUT2D eigenvalue weighted by Gasteiger charge is 2.16. The molecule has 0 aliphatic heterocycles. The van der Waals surface area contributed by atoms with Gasteiger partial charge >= 0.3 is 6.09 Å². The van der Waals surface area contributed by atoms with Crippen molar-refractivity contribution in [3.8, 4) is 0 Å². The molecule has 0 aromatic carbocycles. The van der Waals surface area contributed by atoms with Crippen molar-refractivity contribution in [1.29, 1.82) is 0 Å². The minimum Gasteiger partial charge on any atom is -0.444 e. The Morgan fingerprint density at radius 3 is 2.36 bits per heavy atom. The zero-order valence-electron chi connectivity index (χ0n) is 9.09. The van der Waals surface area contributed by atoms with Crippen molar-refractivity contribution in [1.82, 2.24) is 5.32 Å². The lowest BCUT2D eigenvalue weighted by molar-refractivity contribution is -0.116. The highest BCUT2D eigenvalue weighted by molar-refractivity contribution is 5.98. The van der Waals surface area contributed by atoms with E-state index in [1.54, 1.807) is 26.8 Å². The minimum absolute atomic E-state index is 0.457. The van der Waals surface area contributed by atoms with E-state index in [1.807, 2.05) is 6.92 Å². The molecule has 0 aliphatic carbocycles. The second-order valence-electron chi connectivity index (χ2n) is 3.80. The van der Waals surface area contributed by atoms with Crippen LogP contribution in [-0.4, -0.2) is 17.6 Å². The van der Waals surface area contributed by atoms with E-state index in [1.165, 1.54) is 6.08 Å². The van der Waals surface area contributed by atoms with E-state index in [0.717, 1.165) is 6.42 Å². The summed E-state index contributed by atoms with van der Waals surface area (Å²) in [6.45, 7) is 7.11.